The maximum atomic E-state index is 13.2. The topological polar surface area (TPSA) is 75.7 Å². The number of carbonyl (C=O) groups excluding carboxylic acids is 3. The van der Waals surface area contributed by atoms with E-state index in [1.165, 1.54) is 24.3 Å². The summed E-state index contributed by atoms with van der Waals surface area (Å²) in [5.41, 5.74) is 1.37. The number of amides is 2. The van der Waals surface area contributed by atoms with Crippen molar-refractivity contribution in [3.63, 3.8) is 0 Å². The van der Waals surface area contributed by atoms with E-state index in [1.807, 2.05) is 26.8 Å². The van der Waals surface area contributed by atoms with Gasteiger partial charge in [-0.05, 0) is 86.0 Å². The van der Waals surface area contributed by atoms with E-state index < -0.39 is 40.2 Å². The zero-order valence-corrected chi connectivity index (χ0v) is 21.7. The molecular weight excluding hydrogens is 544 g/mol. The van der Waals surface area contributed by atoms with Gasteiger partial charge in [0.1, 0.15) is 16.5 Å². The number of halogens is 5. The van der Waals surface area contributed by atoms with E-state index in [1.54, 1.807) is 6.07 Å². The van der Waals surface area contributed by atoms with Crippen molar-refractivity contribution in [1.82, 2.24) is 0 Å². The summed E-state index contributed by atoms with van der Waals surface area (Å²) in [7, 11) is 0. The highest BCUT2D eigenvalue weighted by molar-refractivity contribution is 6.53. The number of aryl methyl sites for hydroxylation is 2. The number of hydrogen-bond acceptors (Lipinski definition) is 5. The van der Waals surface area contributed by atoms with E-state index in [4.69, 9.17) is 27.9 Å². The van der Waals surface area contributed by atoms with Crippen LogP contribution in [0.25, 0.3) is 0 Å². The van der Waals surface area contributed by atoms with Gasteiger partial charge in [0.15, 0.2) is 0 Å². The number of carbonyl (C=O) groups is 3. The van der Waals surface area contributed by atoms with Crippen molar-refractivity contribution in [3.05, 3.63) is 98.2 Å². The van der Waals surface area contributed by atoms with Gasteiger partial charge >= 0.3 is 12.1 Å². The van der Waals surface area contributed by atoms with Crippen LogP contribution >= 0.6 is 23.2 Å². The maximum Gasteiger partial charge on any atom is 0.416 e. The first-order valence-electron chi connectivity index (χ1n) is 11.1. The summed E-state index contributed by atoms with van der Waals surface area (Å²) < 4.78 is 45.1. The van der Waals surface area contributed by atoms with Crippen LogP contribution in [-0.4, -0.2) is 17.8 Å². The molecule has 0 spiro atoms. The van der Waals surface area contributed by atoms with Crippen molar-refractivity contribution in [1.29, 1.82) is 0 Å². The summed E-state index contributed by atoms with van der Waals surface area (Å²) in [5.74, 6) is -2.19. The number of rotatable bonds is 5. The Labute approximate surface area is 225 Å². The van der Waals surface area contributed by atoms with Gasteiger partial charge in [-0.25, -0.2) is 9.69 Å². The number of hydrogen-bond donors (Lipinski definition) is 1. The molecule has 0 aromatic heterocycles. The summed E-state index contributed by atoms with van der Waals surface area (Å²) in [4.78, 5) is 38.8. The molecule has 0 aliphatic carbocycles. The van der Waals surface area contributed by atoms with Crippen LogP contribution in [0.4, 0.5) is 24.5 Å². The molecule has 0 unspecified atom stereocenters. The molecular formula is C27H19Cl2F3N2O4. The van der Waals surface area contributed by atoms with E-state index in [0.717, 1.165) is 28.8 Å². The number of ether oxygens (including phenoxy) is 1. The number of nitrogens with one attached hydrogen (secondary N) is 1. The summed E-state index contributed by atoms with van der Waals surface area (Å²) in [6.07, 6.45) is -4.72. The Bertz CT molecular complexity index is 1520. The van der Waals surface area contributed by atoms with Gasteiger partial charge in [-0.2, -0.15) is 13.2 Å². The van der Waals surface area contributed by atoms with Gasteiger partial charge in [-0.3, -0.25) is 9.59 Å². The summed E-state index contributed by atoms with van der Waals surface area (Å²) in [6.45, 7) is 5.65. The summed E-state index contributed by atoms with van der Waals surface area (Å²) in [6, 6.07) is 11.8. The van der Waals surface area contributed by atoms with Gasteiger partial charge in [0.25, 0.3) is 11.8 Å². The van der Waals surface area contributed by atoms with Crippen LogP contribution in [0.3, 0.4) is 0 Å². The molecule has 1 N–H and O–H groups in total. The lowest BCUT2D eigenvalue weighted by Gasteiger charge is -2.18. The van der Waals surface area contributed by atoms with Gasteiger partial charge in [0.2, 0.25) is 0 Å². The Kier molecular flexibility index (Phi) is 7.27. The molecule has 1 aliphatic rings. The zero-order valence-electron chi connectivity index (χ0n) is 20.2. The van der Waals surface area contributed by atoms with Crippen molar-refractivity contribution in [2.24, 2.45) is 0 Å². The Hall–Kier alpha value is -3.82. The maximum absolute atomic E-state index is 13.2. The van der Waals surface area contributed by atoms with Crippen molar-refractivity contribution in [3.8, 4) is 5.75 Å². The zero-order chi connectivity index (χ0) is 27.9. The van der Waals surface area contributed by atoms with Gasteiger partial charge in [-0.15, -0.1) is 0 Å². The lowest BCUT2D eigenvalue weighted by Crippen LogP contribution is -2.32. The molecule has 196 valence electrons. The van der Waals surface area contributed by atoms with Crippen LogP contribution in [0, 0.1) is 20.8 Å². The normalized spacial score (nSPS) is 13.8. The highest BCUT2D eigenvalue weighted by Crippen LogP contribution is 2.39. The minimum absolute atomic E-state index is 0.223. The Morgan fingerprint density at radius 3 is 2.21 bits per heavy atom. The third-order valence-electron chi connectivity index (χ3n) is 5.90. The predicted octanol–water partition coefficient (Wildman–Crippen LogP) is 6.94. The van der Waals surface area contributed by atoms with Crippen molar-refractivity contribution in [2.45, 2.75) is 26.9 Å². The molecule has 1 aliphatic heterocycles. The molecule has 0 atom stereocenters. The predicted molar refractivity (Wildman–Crippen MR) is 138 cm³/mol. The first kappa shape index (κ1) is 27.2. The smallest absolute Gasteiger partial charge is 0.416 e. The Morgan fingerprint density at radius 2 is 1.58 bits per heavy atom. The Morgan fingerprint density at radius 1 is 0.921 bits per heavy atom. The fourth-order valence-corrected chi connectivity index (χ4v) is 4.20. The first-order chi connectivity index (χ1) is 17.8. The third kappa shape index (κ3) is 5.25. The van der Waals surface area contributed by atoms with E-state index in [9.17, 15) is 27.6 Å². The Balaban J connectivity index is 1.53. The highest BCUT2D eigenvalue weighted by Gasteiger charge is 2.41. The third-order valence-corrected chi connectivity index (χ3v) is 6.57. The number of alkyl halides is 3. The standard InChI is InChI=1S/C27H19Cl2F3N2O4/c1-13-10-14(2)15(3)21(11-13)38-26(37)16-4-7-18(8-5-16)33-23-22(29)24(35)34(25(23)36)20-12-17(27(30,31)32)6-9-19(20)28/h4-12,33H,1-3H3. The van der Waals surface area contributed by atoms with E-state index >= 15 is 0 Å². The second-order valence-corrected chi connectivity index (χ2v) is 9.38. The molecule has 0 saturated carbocycles. The van der Waals surface area contributed by atoms with Gasteiger partial charge < -0.3 is 10.1 Å². The van der Waals surface area contributed by atoms with E-state index in [2.05, 4.69) is 5.32 Å². The van der Waals surface area contributed by atoms with Gasteiger partial charge in [0.05, 0.1) is 21.8 Å². The number of nitrogens with zero attached hydrogens (tertiary/aromatic N) is 1. The van der Waals surface area contributed by atoms with E-state index in [0.29, 0.717) is 16.7 Å². The number of imide groups is 1. The summed E-state index contributed by atoms with van der Waals surface area (Å²) >= 11 is 12.1. The average Bonchev–Trinajstić information content (AvgIpc) is 3.05. The van der Waals surface area contributed by atoms with Gasteiger partial charge in [0, 0.05) is 5.69 Å². The monoisotopic (exact) mass is 562 g/mol. The molecule has 1 heterocycles. The van der Waals surface area contributed by atoms with Crippen molar-refractivity contribution < 1.29 is 32.3 Å². The van der Waals surface area contributed by atoms with Crippen LogP contribution in [-0.2, 0) is 15.8 Å². The summed E-state index contributed by atoms with van der Waals surface area (Å²) in [5, 5.41) is 1.92. The molecule has 4 rings (SSSR count). The minimum Gasteiger partial charge on any atom is -0.423 e. The lowest BCUT2D eigenvalue weighted by atomic mass is 10.1. The molecule has 0 fully saturated rings. The molecule has 0 radical (unpaired) electrons. The largest absolute Gasteiger partial charge is 0.423 e. The van der Waals surface area contributed by atoms with Crippen LogP contribution in [0.2, 0.25) is 5.02 Å². The molecule has 0 saturated heterocycles. The first-order valence-corrected chi connectivity index (χ1v) is 11.9. The molecule has 3 aromatic rings. The van der Waals surface area contributed by atoms with Gasteiger partial charge in [-0.1, -0.05) is 29.3 Å². The van der Waals surface area contributed by atoms with Crippen LogP contribution in [0.15, 0.2) is 65.3 Å². The SMILES string of the molecule is Cc1cc(C)c(C)c(OC(=O)c2ccc(NC3=C(Cl)C(=O)N(c4cc(C(F)(F)F)ccc4Cl)C3=O)cc2)c1. The number of esters is 1. The molecule has 11 heteroatoms. The molecule has 3 aromatic carbocycles. The van der Waals surface area contributed by atoms with Crippen LogP contribution in [0.5, 0.6) is 5.75 Å². The van der Waals surface area contributed by atoms with Crippen molar-refractivity contribution in [2.75, 3.05) is 10.2 Å². The van der Waals surface area contributed by atoms with Crippen LogP contribution in [0.1, 0.15) is 32.6 Å². The molecule has 6 nitrogen and oxygen atoms in total. The van der Waals surface area contributed by atoms with Crippen LogP contribution < -0.4 is 15.0 Å². The van der Waals surface area contributed by atoms with Crippen molar-refractivity contribution >= 4 is 52.4 Å². The second kappa shape index (κ2) is 10.2. The fourth-order valence-electron chi connectivity index (χ4n) is 3.79. The quantitative estimate of drug-likeness (QED) is 0.207. The number of anilines is 2. The fraction of sp³-hybridized carbons (Fsp3) is 0.148. The molecule has 0 bridgehead atoms. The second-order valence-electron chi connectivity index (χ2n) is 8.60. The highest BCUT2D eigenvalue weighted by atomic mass is 35.5. The van der Waals surface area contributed by atoms with E-state index in [-0.39, 0.29) is 22.0 Å². The molecule has 38 heavy (non-hydrogen) atoms. The lowest BCUT2D eigenvalue weighted by molar-refractivity contribution is -0.137. The number of benzene rings is 3. The average molecular weight is 563 g/mol. The minimum atomic E-state index is -4.72. The molecule has 2 amide bonds.